The number of nitrogens with zero attached hydrogens (tertiary/aromatic N) is 1. The lowest BCUT2D eigenvalue weighted by Crippen LogP contribution is -2.33. The molecule has 1 unspecified atom stereocenters. The summed E-state index contributed by atoms with van der Waals surface area (Å²) in [6, 6.07) is -0.128. The minimum Gasteiger partial charge on any atom is -0.392 e. The highest BCUT2D eigenvalue weighted by Crippen LogP contribution is 2.13. The third-order valence-corrected chi connectivity index (χ3v) is 4.32. The molecule has 0 aliphatic rings. The Hall–Kier alpha value is -0.920. The van der Waals surface area contributed by atoms with E-state index in [0.717, 1.165) is 25.7 Å². The SMILES string of the molecule is CCCCCC(C)NS(=O)(=O)c1[nH]ncc1CO. The lowest BCUT2D eigenvalue weighted by molar-refractivity contribution is 0.278. The molecule has 1 aromatic heterocycles. The average Bonchev–Trinajstić information content (AvgIpc) is 2.77. The van der Waals surface area contributed by atoms with Crippen LogP contribution < -0.4 is 4.72 Å². The first kappa shape index (κ1) is 15.1. The Balaban J connectivity index is 2.65. The Morgan fingerprint density at radius 3 is 2.83 bits per heavy atom. The summed E-state index contributed by atoms with van der Waals surface area (Å²) in [7, 11) is -3.62. The van der Waals surface area contributed by atoms with Gasteiger partial charge < -0.3 is 5.11 Å². The molecule has 0 aliphatic heterocycles. The Labute approximate surface area is 108 Å². The summed E-state index contributed by atoms with van der Waals surface area (Å²) in [5.41, 5.74) is 0.281. The van der Waals surface area contributed by atoms with Crippen molar-refractivity contribution < 1.29 is 13.5 Å². The lowest BCUT2D eigenvalue weighted by Gasteiger charge is -2.13. The van der Waals surface area contributed by atoms with Crippen molar-refractivity contribution in [3.8, 4) is 0 Å². The van der Waals surface area contributed by atoms with Crippen molar-refractivity contribution in [3.05, 3.63) is 11.8 Å². The highest BCUT2D eigenvalue weighted by Gasteiger charge is 2.22. The summed E-state index contributed by atoms with van der Waals surface area (Å²) in [6.07, 6.45) is 5.31. The van der Waals surface area contributed by atoms with E-state index < -0.39 is 10.0 Å². The van der Waals surface area contributed by atoms with E-state index in [1.165, 1.54) is 6.20 Å². The maximum Gasteiger partial charge on any atom is 0.258 e. The fraction of sp³-hybridized carbons (Fsp3) is 0.727. The smallest absolute Gasteiger partial charge is 0.258 e. The topological polar surface area (TPSA) is 95.1 Å². The fourth-order valence-electron chi connectivity index (χ4n) is 1.73. The van der Waals surface area contributed by atoms with Gasteiger partial charge in [0, 0.05) is 11.6 Å². The molecule has 7 heteroatoms. The third kappa shape index (κ3) is 4.08. The Morgan fingerprint density at radius 2 is 2.22 bits per heavy atom. The van der Waals surface area contributed by atoms with Crippen LogP contribution in [0, 0.1) is 0 Å². The van der Waals surface area contributed by atoms with E-state index in [1.807, 2.05) is 6.92 Å². The van der Waals surface area contributed by atoms with Crippen LogP contribution in [0.15, 0.2) is 11.2 Å². The molecule has 0 radical (unpaired) electrons. The van der Waals surface area contributed by atoms with Crippen LogP contribution >= 0.6 is 0 Å². The van der Waals surface area contributed by atoms with E-state index in [9.17, 15) is 8.42 Å². The summed E-state index contributed by atoms with van der Waals surface area (Å²) in [4.78, 5) is 0. The van der Waals surface area contributed by atoms with Crippen LogP contribution in [0.2, 0.25) is 0 Å². The van der Waals surface area contributed by atoms with Crippen molar-refractivity contribution in [1.82, 2.24) is 14.9 Å². The number of hydrogen-bond acceptors (Lipinski definition) is 4. The maximum atomic E-state index is 12.0. The van der Waals surface area contributed by atoms with Gasteiger partial charge in [0.1, 0.15) is 0 Å². The van der Waals surface area contributed by atoms with E-state index in [1.54, 1.807) is 0 Å². The summed E-state index contributed by atoms with van der Waals surface area (Å²) < 4.78 is 26.6. The van der Waals surface area contributed by atoms with E-state index >= 15 is 0 Å². The second-order valence-electron chi connectivity index (χ2n) is 4.40. The molecule has 0 amide bonds. The number of unbranched alkanes of at least 4 members (excludes halogenated alkanes) is 2. The highest BCUT2D eigenvalue weighted by molar-refractivity contribution is 7.89. The molecule has 104 valence electrons. The number of nitrogens with one attached hydrogen (secondary N) is 2. The van der Waals surface area contributed by atoms with Crippen molar-refractivity contribution >= 4 is 10.0 Å². The first-order valence-electron chi connectivity index (χ1n) is 6.16. The molecule has 0 fully saturated rings. The number of rotatable bonds is 8. The summed E-state index contributed by atoms with van der Waals surface area (Å²) in [5.74, 6) is 0. The number of H-pyrrole nitrogens is 1. The monoisotopic (exact) mass is 275 g/mol. The molecular weight excluding hydrogens is 254 g/mol. The molecule has 1 aromatic rings. The molecule has 0 spiro atoms. The molecule has 6 nitrogen and oxygen atoms in total. The average molecular weight is 275 g/mol. The standard InChI is InChI=1S/C11H21N3O3S/c1-3-4-5-6-9(2)14-18(16,17)11-10(8-15)7-12-13-11/h7,9,14-15H,3-6,8H2,1-2H3,(H,12,13). The van der Waals surface area contributed by atoms with Crippen molar-refractivity contribution in [3.63, 3.8) is 0 Å². The highest BCUT2D eigenvalue weighted by atomic mass is 32.2. The third-order valence-electron chi connectivity index (χ3n) is 2.71. The van der Waals surface area contributed by atoms with Crippen LogP contribution in [0.25, 0.3) is 0 Å². The van der Waals surface area contributed by atoms with Gasteiger partial charge in [-0.25, -0.2) is 13.1 Å². The van der Waals surface area contributed by atoms with Crippen LogP contribution in [-0.4, -0.2) is 29.8 Å². The molecule has 0 aliphatic carbocycles. The van der Waals surface area contributed by atoms with E-state index in [4.69, 9.17) is 5.11 Å². The molecule has 1 atom stereocenters. The molecule has 0 saturated carbocycles. The molecule has 1 rings (SSSR count). The van der Waals surface area contributed by atoms with Gasteiger partial charge in [0.2, 0.25) is 0 Å². The van der Waals surface area contributed by atoms with Crippen molar-refractivity contribution in [2.24, 2.45) is 0 Å². The normalized spacial score (nSPS) is 13.7. The van der Waals surface area contributed by atoms with Gasteiger partial charge >= 0.3 is 0 Å². The zero-order chi connectivity index (χ0) is 13.6. The number of aliphatic hydroxyl groups excluding tert-OH is 1. The first-order chi connectivity index (χ1) is 8.51. The van der Waals surface area contributed by atoms with Gasteiger partial charge in [0.05, 0.1) is 12.8 Å². The van der Waals surface area contributed by atoms with Gasteiger partial charge in [-0.3, -0.25) is 5.10 Å². The fourth-order valence-corrected chi connectivity index (χ4v) is 3.13. The van der Waals surface area contributed by atoms with E-state index in [0.29, 0.717) is 0 Å². The summed E-state index contributed by atoms with van der Waals surface area (Å²) in [6.45, 7) is 3.59. The van der Waals surface area contributed by atoms with Gasteiger partial charge in [-0.2, -0.15) is 5.10 Å². The second kappa shape index (κ2) is 6.86. The minimum absolute atomic E-state index is 0.0488. The van der Waals surface area contributed by atoms with Gasteiger partial charge in [-0.05, 0) is 13.3 Å². The minimum atomic E-state index is -3.62. The van der Waals surface area contributed by atoms with Gasteiger partial charge in [0.15, 0.2) is 5.03 Å². The molecule has 0 aromatic carbocycles. The number of hydrogen-bond donors (Lipinski definition) is 3. The summed E-state index contributed by atoms with van der Waals surface area (Å²) >= 11 is 0. The van der Waals surface area contributed by atoms with Crippen LogP contribution in [0.5, 0.6) is 0 Å². The molecule has 3 N–H and O–H groups in total. The zero-order valence-electron chi connectivity index (χ0n) is 10.8. The Morgan fingerprint density at radius 1 is 1.50 bits per heavy atom. The summed E-state index contributed by atoms with van der Waals surface area (Å²) in [5, 5.41) is 15.0. The Bertz CT molecular complexity index is 456. The van der Waals surface area contributed by atoms with Gasteiger partial charge in [-0.1, -0.05) is 26.2 Å². The van der Waals surface area contributed by atoms with Gasteiger partial charge in [-0.15, -0.1) is 0 Å². The quantitative estimate of drug-likeness (QED) is 0.620. The number of sulfonamides is 1. The molecule has 1 heterocycles. The predicted octanol–water partition coefficient (Wildman–Crippen LogP) is 1.15. The molecule has 0 saturated heterocycles. The zero-order valence-corrected chi connectivity index (χ0v) is 11.6. The van der Waals surface area contributed by atoms with Crippen LogP contribution in [0.3, 0.4) is 0 Å². The largest absolute Gasteiger partial charge is 0.392 e. The van der Waals surface area contributed by atoms with E-state index in [-0.39, 0.29) is 23.2 Å². The number of aromatic amines is 1. The molecule has 18 heavy (non-hydrogen) atoms. The first-order valence-corrected chi connectivity index (χ1v) is 7.65. The van der Waals surface area contributed by atoms with Crippen molar-refractivity contribution in [2.45, 2.75) is 57.2 Å². The predicted molar refractivity (Wildman–Crippen MR) is 68.4 cm³/mol. The Kier molecular flexibility index (Phi) is 5.77. The lowest BCUT2D eigenvalue weighted by atomic mass is 10.1. The van der Waals surface area contributed by atoms with Gasteiger partial charge in [0.25, 0.3) is 10.0 Å². The van der Waals surface area contributed by atoms with Crippen LogP contribution in [0.4, 0.5) is 0 Å². The maximum absolute atomic E-state index is 12.0. The number of aromatic nitrogens is 2. The number of aliphatic hydroxyl groups is 1. The van der Waals surface area contributed by atoms with Crippen molar-refractivity contribution in [1.29, 1.82) is 0 Å². The molecular formula is C11H21N3O3S. The molecule has 0 bridgehead atoms. The van der Waals surface area contributed by atoms with E-state index in [2.05, 4.69) is 21.8 Å². The van der Waals surface area contributed by atoms with Crippen LogP contribution in [0.1, 0.15) is 45.1 Å². The van der Waals surface area contributed by atoms with Crippen molar-refractivity contribution in [2.75, 3.05) is 0 Å². The van der Waals surface area contributed by atoms with Crippen LogP contribution in [-0.2, 0) is 16.6 Å². The second-order valence-corrected chi connectivity index (χ2v) is 6.05.